The molecule has 0 aromatic heterocycles. The Morgan fingerprint density at radius 1 is 1.23 bits per heavy atom. The summed E-state index contributed by atoms with van der Waals surface area (Å²) in [5.41, 5.74) is -0.379. The zero-order valence-corrected chi connectivity index (χ0v) is 22.0. The predicted molar refractivity (Wildman–Crippen MR) is 136 cm³/mol. The molecule has 7 atom stereocenters. The van der Waals surface area contributed by atoms with Crippen molar-refractivity contribution in [2.45, 2.75) is 81.0 Å². The van der Waals surface area contributed by atoms with E-state index in [4.69, 9.17) is 9.84 Å². The lowest BCUT2D eigenvalue weighted by Gasteiger charge is -2.34. The molecule has 192 valence electrons. The van der Waals surface area contributed by atoms with Gasteiger partial charge in [0.1, 0.15) is 11.6 Å². The second-order valence-corrected chi connectivity index (χ2v) is 11.2. The smallest absolute Gasteiger partial charge is 0.246 e. The Morgan fingerprint density at radius 3 is 2.66 bits per heavy atom. The van der Waals surface area contributed by atoms with E-state index in [0.717, 1.165) is 19.3 Å². The highest BCUT2D eigenvalue weighted by atomic mass is 79.9. The summed E-state index contributed by atoms with van der Waals surface area (Å²) in [6.45, 7) is 4.52. The fourth-order valence-corrected chi connectivity index (χ4v) is 7.06. The van der Waals surface area contributed by atoms with Crippen LogP contribution in [-0.2, 0) is 19.1 Å². The molecule has 3 heterocycles. The lowest BCUT2D eigenvalue weighted by Crippen LogP contribution is -2.57. The number of hydrogen-bond donors (Lipinski definition) is 3. The monoisotopic (exact) mass is 549 g/mol. The highest BCUT2D eigenvalue weighted by molar-refractivity contribution is 9.09. The van der Waals surface area contributed by atoms with E-state index < -0.39 is 29.6 Å². The molecule has 3 N–H and O–H groups in total. The first-order chi connectivity index (χ1) is 16.8. The number of alkyl halides is 1. The quantitative estimate of drug-likeness (QED) is 0.290. The van der Waals surface area contributed by atoms with E-state index in [1.165, 1.54) is 0 Å². The van der Waals surface area contributed by atoms with Crippen LogP contribution in [0.5, 0.6) is 0 Å². The summed E-state index contributed by atoms with van der Waals surface area (Å²) in [4.78, 5) is 42.5. The number of likely N-dealkylation sites (tertiary alicyclic amines) is 1. The second kappa shape index (κ2) is 11.0. The van der Waals surface area contributed by atoms with Gasteiger partial charge in [0, 0.05) is 29.7 Å². The van der Waals surface area contributed by atoms with Crippen molar-refractivity contribution in [2.75, 3.05) is 18.5 Å². The van der Waals surface area contributed by atoms with Crippen LogP contribution in [0, 0.1) is 11.8 Å². The molecule has 0 aliphatic carbocycles. The minimum atomic E-state index is -1.04. The third-order valence-corrected chi connectivity index (χ3v) is 8.39. The summed E-state index contributed by atoms with van der Waals surface area (Å²) in [5.74, 6) is -2.06. The number of nitrogens with zero attached hydrogens (tertiary/aromatic N) is 1. The van der Waals surface area contributed by atoms with Gasteiger partial charge in [0.05, 0.1) is 17.9 Å². The van der Waals surface area contributed by atoms with Crippen LogP contribution >= 0.6 is 15.9 Å². The van der Waals surface area contributed by atoms with Gasteiger partial charge in [-0.05, 0) is 51.2 Å². The number of unbranched alkanes of at least 4 members (excludes halogenated alkanes) is 2. The van der Waals surface area contributed by atoms with Gasteiger partial charge in [0.2, 0.25) is 17.7 Å². The van der Waals surface area contributed by atoms with Crippen molar-refractivity contribution in [1.82, 2.24) is 10.2 Å². The Labute approximate surface area is 215 Å². The molecular weight excluding hydrogens is 514 g/mol. The van der Waals surface area contributed by atoms with E-state index in [2.05, 4.69) is 33.5 Å². The van der Waals surface area contributed by atoms with Crippen molar-refractivity contribution in [3.05, 3.63) is 30.3 Å². The van der Waals surface area contributed by atoms with Crippen molar-refractivity contribution >= 4 is 39.3 Å². The number of halogens is 1. The van der Waals surface area contributed by atoms with E-state index in [-0.39, 0.29) is 35.2 Å². The van der Waals surface area contributed by atoms with Crippen LogP contribution in [0.2, 0.25) is 0 Å². The molecule has 3 aliphatic heterocycles. The Morgan fingerprint density at radius 2 is 1.97 bits per heavy atom. The summed E-state index contributed by atoms with van der Waals surface area (Å²) < 4.78 is 6.50. The van der Waals surface area contributed by atoms with Crippen LogP contribution in [0.15, 0.2) is 30.3 Å². The number of para-hydroxylation sites is 1. The number of benzene rings is 1. The number of carbonyl (C=O) groups is 3. The molecule has 0 radical (unpaired) electrons. The topological polar surface area (TPSA) is 108 Å². The van der Waals surface area contributed by atoms with Crippen LogP contribution in [0.1, 0.15) is 52.4 Å². The predicted octanol–water partition coefficient (Wildman–Crippen LogP) is 2.84. The SMILES string of the molecule is CCCC(C)NC(=O)C1N(CCCCCO)C(=O)[C@@H]2[C@H](C(=O)Nc3ccccc3)[C@H]3OC12CC3Br. The van der Waals surface area contributed by atoms with Crippen molar-refractivity contribution in [2.24, 2.45) is 11.8 Å². The lowest BCUT2D eigenvalue weighted by atomic mass is 9.70. The zero-order chi connectivity index (χ0) is 25.2. The summed E-state index contributed by atoms with van der Waals surface area (Å²) in [5, 5.41) is 15.2. The van der Waals surface area contributed by atoms with E-state index in [1.807, 2.05) is 37.3 Å². The number of carbonyl (C=O) groups excluding carboxylic acids is 3. The third-order valence-electron chi connectivity index (χ3n) is 7.55. The van der Waals surface area contributed by atoms with Crippen molar-refractivity contribution in [3.63, 3.8) is 0 Å². The van der Waals surface area contributed by atoms with E-state index in [0.29, 0.717) is 31.5 Å². The van der Waals surface area contributed by atoms with Crippen LogP contribution in [0.4, 0.5) is 5.69 Å². The summed E-state index contributed by atoms with van der Waals surface area (Å²) in [7, 11) is 0. The Kier molecular flexibility index (Phi) is 8.18. The molecule has 3 saturated heterocycles. The first-order valence-corrected chi connectivity index (χ1v) is 13.6. The number of aliphatic hydroxyl groups is 1. The molecule has 2 bridgehead atoms. The van der Waals surface area contributed by atoms with Gasteiger partial charge >= 0.3 is 0 Å². The van der Waals surface area contributed by atoms with E-state index >= 15 is 0 Å². The number of aliphatic hydroxyl groups excluding tert-OH is 1. The lowest BCUT2D eigenvalue weighted by molar-refractivity contribution is -0.141. The van der Waals surface area contributed by atoms with Gasteiger partial charge in [-0.25, -0.2) is 0 Å². The maximum absolute atomic E-state index is 13.9. The van der Waals surface area contributed by atoms with Crippen LogP contribution in [0.3, 0.4) is 0 Å². The van der Waals surface area contributed by atoms with Crippen LogP contribution < -0.4 is 10.6 Å². The molecule has 35 heavy (non-hydrogen) atoms. The van der Waals surface area contributed by atoms with E-state index in [1.54, 1.807) is 4.90 Å². The molecule has 0 saturated carbocycles. The van der Waals surface area contributed by atoms with Gasteiger partial charge in [0.15, 0.2) is 0 Å². The van der Waals surface area contributed by atoms with Crippen LogP contribution in [0.25, 0.3) is 0 Å². The molecule has 3 aliphatic rings. The molecule has 4 unspecified atom stereocenters. The van der Waals surface area contributed by atoms with Crippen molar-refractivity contribution in [1.29, 1.82) is 0 Å². The highest BCUT2D eigenvalue weighted by Gasteiger charge is 2.76. The molecule has 9 heteroatoms. The summed E-state index contributed by atoms with van der Waals surface area (Å²) in [6, 6.07) is 8.36. The van der Waals surface area contributed by atoms with Crippen LogP contribution in [-0.4, -0.2) is 69.5 Å². The van der Waals surface area contributed by atoms with Gasteiger partial charge < -0.3 is 25.4 Å². The average Bonchev–Trinajstić information content (AvgIpc) is 3.41. The Bertz CT molecular complexity index is 931. The fourth-order valence-electron chi connectivity index (χ4n) is 6.11. The fraction of sp³-hybridized carbons (Fsp3) is 0.654. The molecule has 1 aromatic carbocycles. The molecule has 1 spiro atoms. The first-order valence-electron chi connectivity index (χ1n) is 12.7. The minimum absolute atomic E-state index is 0.0233. The van der Waals surface area contributed by atoms with Gasteiger partial charge in [-0.1, -0.05) is 47.5 Å². The number of hydrogen-bond acceptors (Lipinski definition) is 5. The summed E-state index contributed by atoms with van der Waals surface area (Å²) >= 11 is 3.69. The van der Waals surface area contributed by atoms with Gasteiger partial charge in [-0.2, -0.15) is 0 Å². The number of amides is 3. The Hall–Kier alpha value is -1.97. The standard InChI is InChI=1S/C26H36BrN3O5/c1-3-10-16(2)28-24(33)22-26-15-18(27)21(35-26)19(23(32)29-17-11-6-4-7-12-17)20(26)25(34)30(22)13-8-5-9-14-31/h4,6-7,11-12,16,18-22,31H,3,5,8-10,13-15H2,1-2H3,(H,28,33)(H,29,32)/t16?,18?,19-,20-,21-,22?,26?/m0/s1. The normalized spacial score (nSPS) is 31.9. The number of rotatable bonds is 11. The number of anilines is 1. The molecule has 3 fully saturated rings. The average molecular weight is 550 g/mol. The van der Waals surface area contributed by atoms with Gasteiger partial charge in [-0.15, -0.1) is 0 Å². The molecule has 8 nitrogen and oxygen atoms in total. The summed E-state index contributed by atoms with van der Waals surface area (Å²) in [6.07, 6.45) is 3.86. The Balaban J connectivity index is 1.63. The second-order valence-electron chi connectivity index (χ2n) is 10.0. The minimum Gasteiger partial charge on any atom is -0.396 e. The zero-order valence-electron chi connectivity index (χ0n) is 20.4. The molecule has 3 amide bonds. The van der Waals surface area contributed by atoms with Crippen molar-refractivity contribution in [3.8, 4) is 0 Å². The molecule has 4 rings (SSSR count). The maximum atomic E-state index is 13.9. The van der Waals surface area contributed by atoms with Crippen molar-refractivity contribution < 1.29 is 24.2 Å². The largest absolute Gasteiger partial charge is 0.396 e. The first kappa shape index (κ1) is 26.1. The molecule has 1 aromatic rings. The molecular formula is C26H36BrN3O5. The number of nitrogens with one attached hydrogen (secondary N) is 2. The third kappa shape index (κ3) is 4.87. The number of fused-ring (bicyclic) bond motifs is 1. The van der Waals surface area contributed by atoms with E-state index in [9.17, 15) is 14.4 Å². The van der Waals surface area contributed by atoms with Gasteiger partial charge in [-0.3, -0.25) is 14.4 Å². The highest BCUT2D eigenvalue weighted by Crippen LogP contribution is 2.60. The van der Waals surface area contributed by atoms with Gasteiger partial charge in [0.25, 0.3) is 0 Å². The maximum Gasteiger partial charge on any atom is 0.246 e. The number of ether oxygens (including phenoxy) is 1.